The summed E-state index contributed by atoms with van der Waals surface area (Å²) in [4.78, 5) is 11.3. The van der Waals surface area contributed by atoms with Crippen LogP contribution >= 0.6 is 11.8 Å². The number of rotatable bonds is 5. The molecule has 0 fully saturated rings. The second kappa shape index (κ2) is 5.94. The highest BCUT2D eigenvalue weighted by atomic mass is 32.2. The van der Waals surface area contributed by atoms with E-state index in [-0.39, 0.29) is 11.2 Å². The van der Waals surface area contributed by atoms with Crippen LogP contribution in [-0.2, 0) is 16.6 Å². The molecule has 0 N–H and O–H groups in total. The lowest BCUT2D eigenvalue weighted by atomic mass is 10.3. The number of nitrogens with zero attached hydrogens (tertiary/aromatic N) is 2. The minimum atomic E-state index is -0.138. The van der Waals surface area contributed by atoms with Gasteiger partial charge in [-0.3, -0.25) is 9.48 Å². The lowest BCUT2D eigenvalue weighted by molar-refractivity contribution is -0.142. The Hall–Kier alpha value is -0.970. The Bertz CT molecular complexity index is 363. The molecule has 0 radical (unpaired) electrons. The molecule has 0 aliphatic heterocycles. The number of aromatic nitrogens is 2. The van der Waals surface area contributed by atoms with Gasteiger partial charge in [0.1, 0.15) is 0 Å². The van der Waals surface area contributed by atoms with Gasteiger partial charge >= 0.3 is 5.97 Å². The maximum absolute atomic E-state index is 11.3. The van der Waals surface area contributed by atoms with Gasteiger partial charge in [0.25, 0.3) is 0 Å². The molecule has 1 heterocycles. The highest BCUT2D eigenvalue weighted by Gasteiger charge is 2.13. The molecule has 0 bridgehead atoms. The van der Waals surface area contributed by atoms with Crippen molar-refractivity contribution in [2.24, 2.45) is 7.05 Å². The Labute approximate surface area is 100 Å². The van der Waals surface area contributed by atoms with E-state index < -0.39 is 0 Å². The molecule has 4 nitrogen and oxygen atoms in total. The summed E-state index contributed by atoms with van der Waals surface area (Å²) in [6, 6.07) is 2.02. The lowest BCUT2D eigenvalue weighted by Gasteiger charge is -2.09. The van der Waals surface area contributed by atoms with Crippen LogP contribution in [0, 0.1) is 6.92 Å². The third-order valence-electron chi connectivity index (χ3n) is 2.04. The van der Waals surface area contributed by atoms with Crippen LogP contribution in [0.4, 0.5) is 0 Å². The topological polar surface area (TPSA) is 44.1 Å². The fourth-order valence-electron chi connectivity index (χ4n) is 1.40. The number of carbonyl (C=O) groups excluding carboxylic acids is 1. The minimum absolute atomic E-state index is 0.138. The number of hydrogen-bond acceptors (Lipinski definition) is 4. The second-order valence-corrected chi connectivity index (χ2v) is 5.14. The summed E-state index contributed by atoms with van der Waals surface area (Å²) < 4.78 is 6.75. The number of ether oxygens (including phenoxy) is 1. The van der Waals surface area contributed by atoms with Crippen LogP contribution in [0.2, 0.25) is 0 Å². The van der Waals surface area contributed by atoms with Gasteiger partial charge in [-0.25, -0.2) is 0 Å². The van der Waals surface area contributed by atoms with E-state index in [2.05, 4.69) is 5.10 Å². The SMILES string of the molecule is CCOC(=O)CC(C)Sc1cc(C)nn1C. The van der Waals surface area contributed by atoms with Gasteiger partial charge < -0.3 is 4.74 Å². The molecular formula is C11H18N2O2S. The molecule has 5 heteroatoms. The largest absolute Gasteiger partial charge is 0.466 e. The Balaban J connectivity index is 2.48. The zero-order valence-corrected chi connectivity index (χ0v) is 11.0. The molecule has 0 aliphatic carbocycles. The average Bonchev–Trinajstić information content (AvgIpc) is 2.44. The van der Waals surface area contributed by atoms with Gasteiger partial charge in [0.05, 0.1) is 23.7 Å². The summed E-state index contributed by atoms with van der Waals surface area (Å²) >= 11 is 1.64. The van der Waals surface area contributed by atoms with E-state index in [1.54, 1.807) is 11.8 Å². The van der Waals surface area contributed by atoms with Gasteiger partial charge in [0.15, 0.2) is 0 Å². The Morgan fingerprint density at radius 2 is 2.38 bits per heavy atom. The van der Waals surface area contributed by atoms with Crippen LogP contribution in [0.15, 0.2) is 11.1 Å². The monoisotopic (exact) mass is 242 g/mol. The number of carbonyl (C=O) groups is 1. The first kappa shape index (κ1) is 13.1. The fraction of sp³-hybridized carbons (Fsp3) is 0.636. The molecule has 1 aromatic rings. The predicted octanol–water partition coefficient (Wildman–Crippen LogP) is 2.16. The van der Waals surface area contributed by atoms with E-state index in [1.165, 1.54) is 0 Å². The van der Waals surface area contributed by atoms with Crippen molar-refractivity contribution in [2.75, 3.05) is 6.61 Å². The van der Waals surface area contributed by atoms with E-state index in [4.69, 9.17) is 4.74 Å². The molecule has 0 saturated carbocycles. The smallest absolute Gasteiger partial charge is 0.306 e. The maximum atomic E-state index is 11.3. The van der Waals surface area contributed by atoms with E-state index in [1.807, 2.05) is 38.6 Å². The Morgan fingerprint density at radius 1 is 1.69 bits per heavy atom. The summed E-state index contributed by atoms with van der Waals surface area (Å²) in [5, 5.41) is 5.54. The van der Waals surface area contributed by atoms with Crippen LogP contribution in [0.3, 0.4) is 0 Å². The minimum Gasteiger partial charge on any atom is -0.466 e. The first-order chi connectivity index (χ1) is 7.52. The molecule has 16 heavy (non-hydrogen) atoms. The van der Waals surface area contributed by atoms with Crippen LogP contribution in [-0.4, -0.2) is 27.6 Å². The van der Waals surface area contributed by atoms with Crippen LogP contribution in [0.25, 0.3) is 0 Å². The first-order valence-electron chi connectivity index (χ1n) is 5.35. The molecule has 0 aliphatic rings. The summed E-state index contributed by atoms with van der Waals surface area (Å²) in [7, 11) is 1.91. The third-order valence-corrected chi connectivity index (χ3v) is 3.23. The number of hydrogen-bond donors (Lipinski definition) is 0. The molecule has 0 amide bonds. The first-order valence-corrected chi connectivity index (χ1v) is 6.23. The van der Waals surface area contributed by atoms with Crippen molar-refractivity contribution >= 4 is 17.7 Å². The van der Waals surface area contributed by atoms with Gasteiger partial charge in [0, 0.05) is 12.3 Å². The van der Waals surface area contributed by atoms with Crippen molar-refractivity contribution in [3.8, 4) is 0 Å². The van der Waals surface area contributed by atoms with E-state index >= 15 is 0 Å². The molecular weight excluding hydrogens is 224 g/mol. The highest BCUT2D eigenvalue weighted by molar-refractivity contribution is 7.99. The highest BCUT2D eigenvalue weighted by Crippen LogP contribution is 2.25. The second-order valence-electron chi connectivity index (χ2n) is 3.69. The predicted molar refractivity (Wildman–Crippen MR) is 64.5 cm³/mol. The van der Waals surface area contributed by atoms with Gasteiger partial charge in [-0.15, -0.1) is 11.8 Å². The van der Waals surface area contributed by atoms with Crippen molar-refractivity contribution in [3.63, 3.8) is 0 Å². The van der Waals surface area contributed by atoms with Crippen molar-refractivity contribution in [2.45, 2.75) is 37.5 Å². The Kier molecular flexibility index (Phi) is 4.86. The van der Waals surface area contributed by atoms with Gasteiger partial charge in [0.2, 0.25) is 0 Å². The van der Waals surface area contributed by atoms with Crippen molar-refractivity contribution in [3.05, 3.63) is 11.8 Å². The van der Waals surface area contributed by atoms with Gasteiger partial charge in [-0.1, -0.05) is 6.92 Å². The van der Waals surface area contributed by atoms with Crippen LogP contribution in [0.1, 0.15) is 26.0 Å². The number of thioether (sulfide) groups is 1. The van der Waals surface area contributed by atoms with Gasteiger partial charge in [-0.05, 0) is 19.9 Å². The van der Waals surface area contributed by atoms with Crippen molar-refractivity contribution in [1.29, 1.82) is 0 Å². The zero-order valence-electron chi connectivity index (χ0n) is 10.2. The molecule has 0 spiro atoms. The molecule has 1 unspecified atom stereocenters. The van der Waals surface area contributed by atoms with Gasteiger partial charge in [-0.2, -0.15) is 5.10 Å². The quantitative estimate of drug-likeness (QED) is 0.586. The van der Waals surface area contributed by atoms with E-state index in [0.29, 0.717) is 13.0 Å². The Morgan fingerprint density at radius 3 is 2.88 bits per heavy atom. The summed E-state index contributed by atoms with van der Waals surface area (Å²) in [5.41, 5.74) is 0.994. The summed E-state index contributed by atoms with van der Waals surface area (Å²) in [6.45, 7) is 6.24. The maximum Gasteiger partial charge on any atom is 0.306 e. The molecule has 1 atom stereocenters. The van der Waals surface area contributed by atoms with Crippen LogP contribution in [0.5, 0.6) is 0 Å². The van der Waals surface area contributed by atoms with Crippen molar-refractivity contribution in [1.82, 2.24) is 9.78 Å². The molecule has 1 rings (SSSR count). The van der Waals surface area contributed by atoms with Crippen molar-refractivity contribution < 1.29 is 9.53 Å². The molecule has 1 aromatic heterocycles. The molecule has 0 aromatic carbocycles. The van der Waals surface area contributed by atoms with Crippen LogP contribution < -0.4 is 0 Å². The third kappa shape index (κ3) is 3.89. The molecule has 0 saturated heterocycles. The number of aryl methyl sites for hydroxylation is 2. The normalized spacial score (nSPS) is 12.5. The summed E-state index contributed by atoms with van der Waals surface area (Å²) in [5.74, 6) is -0.138. The number of esters is 1. The summed E-state index contributed by atoms with van der Waals surface area (Å²) in [6.07, 6.45) is 0.433. The van der Waals surface area contributed by atoms with E-state index in [0.717, 1.165) is 10.7 Å². The lowest BCUT2D eigenvalue weighted by Crippen LogP contribution is -2.11. The standard InChI is InChI=1S/C11H18N2O2S/c1-5-15-11(14)7-9(3)16-10-6-8(2)12-13(10)4/h6,9H,5,7H2,1-4H3. The molecule has 90 valence electrons. The van der Waals surface area contributed by atoms with E-state index in [9.17, 15) is 4.79 Å². The average molecular weight is 242 g/mol. The fourth-order valence-corrected chi connectivity index (χ4v) is 2.46. The zero-order chi connectivity index (χ0) is 12.1.